The normalized spacial score (nSPS) is 15.0. The fourth-order valence-electron chi connectivity index (χ4n) is 3.01. The molecule has 0 atom stereocenters. The molecular weight excluding hydrogens is 306 g/mol. The molecule has 2 heterocycles. The van der Waals surface area contributed by atoms with Crippen molar-refractivity contribution in [3.63, 3.8) is 0 Å². The maximum absolute atomic E-state index is 12.4. The summed E-state index contributed by atoms with van der Waals surface area (Å²) in [5.41, 5.74) is 3.46. The molecule has 1 aromatic heterocycles. The second kappa shape index (κ2) is 6.51. The standard InChI is InChI=1S/C17H23N5O2/c1-13-4-5-14(2)15(10-13)20-6-8-21(9-7-20)16(23)11-22-17(24)19(3)12-18-22/h4-5,10,12H,6-9,11H2,1-3H3. The number of piperazine rings is 1. The van der Waals surface area contributed by atoms with Crippen molar-refractivity contribution < 1.29 is 4.79 Å². The Morgan fingerprint density at radius 3 is 2.50 bits per heavy atom. The number of rotatable bonds is 3. The number of hydrogen-bond acceptors (Lipinski definition) is 4. The first-order chi connectivity index (χ1) is 11.5. The van der Waals surface area contributed by atoms with Gasteiger partial charge >= 0.3 is 5.69 Å². The molecule has 2 aromatic rings. The van der Waals surface area contributed by atoms with Gasteiger partial charge in [-0.25, -0.2) is 9.48 Å². The summed E-state index contributed by atoms with van der Waals surface area (Å²) in [6, 6.07) is 6.44. The topological polar surface area (TPSA) is 63.4 Å². The van der Waals surface area contributed by atoms with E-state index in [2.05, 4.69) is 42.0 Å². The molecule has 1 amide bonds. The van der Waals surface area contributed by atoms with Crippen LogP contribution in [0.2, 0.25) is 0 Å². The van der Waals surface area contributed by atoms with E-state index in [0.717, 1.165) is 13.1 Å². The average Bonchev–Trinajstić information content (AvgIpc) is 2.89. The van der Waals surface area contributed by atoms with Gasteiger partial charge in [-0.1, -0.05) is 12.1 Å². The third-order valence-corrected chi connectivity index (χ3v) is 4.51. The molecule has 0 aliphatic carbocycles. The van der Waals surface area contributed by atoms with Gasteiger partial charge in [0.05, 0.1) is 0 Å². The molecule has 1 aliphatic rings. The van der Waals surface area contributed by atoms with Gasteiger partial charge in [-0.2, -0.15) is 5.10 Å². The smallest absolute Gasteiger partial charge is 0.345 e. The summed E-state index contributed by atoms with van der Waals surface area (Å²) < 4.78 is 2.57. The lowest BCUT2D eigenvalue weighted by molar-refractivity contribution is -0.132. The van der Waals surface area contributed by atoms with Gasteiger partial charge in [0.2, 0.25) is 5.91 Å². The van der Waals surface area contributed by atoms with E-state index in [1.165, 1.54) is 32.4 Å². The predicted octanol–water partition coefficient (Wildman–Crippen LogP) is 0.547. The Morgan fingerprint density at radius 2 is 1.88 bits per heavy atom. The van der Waals surface area contributed by atoms with Gasteiger partial charge in [-0.3, -0.25) is 9.36 Å². The highest BCUT2D eigenvalue weighted by molar-refractivity contribution is 5.76. The largest absolute Gasteiger partial charge is 0.368 e. The van der Waals surface area contributed by atoms with E-state index in [0.29, 0.717) is 13.1 Å². The average molecular weight is 329 g/mol. The van der Waals surface area contributed by atoms with E-state index in [4.69, 9.17) is 0 Å². The number of benzene rings is 1. The molecule has 0 spiro atoms. The van der Waals surface area contributed by atoms with Crippen LogP contribution >= 0.6 is 0 Å². The lowest BCUT2D eigenvalue weighted by atomic mass is 10.1. The predicted molar refractivity (Wildman–Crippen MR) is 92.2 cm³/mol. The number of carbonyl (C=O) groups excluding carboxylic acids is 1. The molecule has 0 N–H and O–H groups in total. The number of hydrogen-bond donors (Lipinski definition) is 0. The summed E-state index contributed by atoms with van der Waals surface area (Å²) in [6.07, 6.45) is 1.42. The van der Waals surface area contributed by atoms with Crippen LogP contribution in [0.5, 0.6) is 0 Å². The van der Waals surface area contributed by atoms with E-state index >= 15 is 0 Å². The lowest BCUT2D eigenvalue weighted by Gasteiger charge is -2.37. The van der Waals surface area contributed by atoms with E-state index in [1.807, 2.05) is 4.90 Å². The van der Waals surface area contributed by atoms with Crippen molar-refractivity contribution in [3.05, 3.63) is 46.1 Å². The molecule has 0 unspecified atom stereocenters. The third-order valence-electron chi connectivity index (χ3n) is 4.51. The highest BCUT2D eigenvalue weighted by atomic mass is 16.2. The second-order valence-electron chi connectivity index (χ2n) is 6.34. The highest BCUT2D eigenvalue weighted by Gasteiger charge is 2.23. The van der Waals surface area contributed by atoms with Crippen molar-refractivity contribution in [1.29, 1.82) is 0 Å². The number of anilines is 1. The molecule has 128 valence electrons. The summed E-state index contributed by atoms with van der Waals surface area (Å²) in [5.74, 6) is -0.0589. The van der Waals surface area contributed by atoms with Gasteiger partial charge in [0.25, 0.3) is 0 Å². The van der Waals surface area contributed by atoms with Crippen LogP contribution < -0.4 is 10.6 Å². The maximum atomic E-state index is 12.4. The zero-order valence-electron chi connectivity index (χ0n) is 14.4. The van der Waals surface area contributed by atoms with Crippen LogP contribution in [0.3, 0.4) is 0 Å². The Labute approximate surface area is 141 Å². The monoisotopic (exact) mass is 329 g/mol. The number of carbonyl (C=O) groups is 1. The van der Waals surface area contributed by atoms with E-state index in [-0.39, 0.29) is 18.1 Å². The first-order valence-electron chi connectivity index (χ1n) is 8.14. The molecule has 3 rings (SSSR count). The Hall–Kier alpha value is -2.57. The SMILES string of the molecule is Cc1ccc(C)c(N2CCN(C(=O)Cn3ncn(C)c3=O)CC2)c1. The van der Waals surface area contributed by atoms with Gasteiger partial charge in [0.15, 0.2) is 0 Å². The van der Waals surface area contributed by atoms with Crippen LogP contribution in [0.1, 0.15) is 11.1 Å². The van der Waals surface area contributed by atoms with Gasteiger partial charge in [0.1, 0.15) is 12.9 Å². The molecule has 1 fully saturated rings. The van der Waals surface area contributed by atoms with Gasteiger partial charge in [0, 0.05) is 38.9 Å². The van der Waals surface area contributed by atoms with Gasteiger partial charge < -0.3 is 9.80 Å². The molecule has 1 aliphatic heterocycles. The van der Waals surface area contributed by atoms with Crippen molar-refractivity contribution in [2.75, 3.05) is 31.1 Å². The van der Waals surface area contributed by atoms with Crippen molar-refractivity contribution in [3.8, 4) is 0 Å². The van der Waals surface area contributed by atoms with Crippen LogP contribution in [0.4, 0.5) is 5.69 Å². The van der Waals surface area contributed by atoms with Crippen LogP contribution in [0.25, 0.3) is 0 Å². The Morgan fingerprint density at radius 1 is 1.17 bits per heavy atom. The summed E-state index contributed by atoms with van der Waals surface area (Å²) in [6.45, 7) is 7.12. The minimum absolute atomic E-state index is 0.00312. The van der Waals surface area contributed by atoms with Crippen LogP contribution in [0.15, 0.2) is 29.3 Å². The maximum Gasteiger partial charge on any atom is 0.345 e. The number of aryl methyl sites for hydroxylation is 3. The summed E-state index contributed by atoms with van der Waals surface area (Å²) in [5, 5.41) is 3.94. The van der Waals surface area contributed by atoms with Gasteiger partial charge in [-0.15, -0.1) is 0 Å². The van der Waals surface area contributed by atoms with E-state index < -0.39 is 0 Å². The number of amides is 1. The molecule has 1 saturated heterocycles. The van der Waals surface area contributed by atoms with Crippen LogP contribution in [-0.2, 0) is 18.4 Å². The van der Waals surface area contributed by atoms with E-state index in [1.54, 1.807) is 7.05 Å². The minimum atomic E-state index is -0.266. The minimum Gasteiger partial charge on any atom is -0.368 e. The number of aromatic nitrogens is 3. The van der Waals surface area contributed by atoms with Crippen molar-refractivity contribution >= 4 is 11.6 Å². The first-order valence-corrected chi connectivity index (χ1v) is 8.14. The summed E-state index contributed by atoms with van der Waals surface area (Å²) in [4.78, 5) is 28.3. The van der Waals surface area contributed by atoms with Crippen LogP contribution in [0, 0.1) is 13.8 Å². The highest BCUT2D eigenvalue weighted by Crippen LogP contribution is 2.22. The first kappa shape index (κ1) is 16.3. The molecule has 0 saturated carbocycles. The lowest BCUT2D eigenvalue weighted by Crippen LogP contribution is -2.50. The van der Waals surface area contributed by atoms with Crippen molar-refractivity contribution in [2.24, 2.45) is 7.05 Å². The van der Waals surface area contributed by atoms with Crippen molar-refractivity contribution in [2.45, 2.75) is 20.4 Å². The Bertz CT molecular complexity index is 800. The summed E-state index contributed by atoms with van der Waals surface area (Å²) >= 11 is 0. The van der Waals surface area contributed by atoms with E-state index in [9.17, 15) is 9.59 Å². The second-order valence-corrected chi connectivity index (χ2v) is 6.34. The third kappa shape index (κ3) is 3.20. The van der Waals surface area contributed by atoms with Crippen LogP contribution in [-0.4, -0.2) is 51.3 Å². The molecule has 0 radical (unpaired) electrons. The zero-order valence-corrected chi connectivity index (χ0v) is 14.4. The molecule has 1 aromatic carbocycles. The molecule has 24 heavy (non-hydrogen) atoms. The fraction of sp³-hybridized carbons (Fsp3) is 0.471. The van der Waals surface area contributed by atoms with Crippen molar-refractivity contribution in [1.82, 2.24) is 19.2 Å². The fourth-order valence-corrected chi connectivity index (χ4v) is 3.01. The molecular formula is C17H23N5O2. The molecule has 0 bridgehead atoms. The zero-order chi connectivity index (χ0) is 17.3. The Kier molecular flexibility index (Phi) is 4.42. The summed E-state index contributed by atoms with van der Waals surface area (Å²) in [7, 11) is 1.62. The molecule has 7 nitrogen and oxygen atoms in total. The Balaban J connectivity index is 1.62. The molecule has 7 heteroatoms. The van der Waals surface area contributed by atoms with Gasteiger partial charge in [-0.05, 0) is 31.0 Å². The number of nitrogens with zero attached hydrogens (tertiary/aromatic N) is 5. The quantitative estimate of drug-likeness (QED) is 0.825.